The summed E-state index contributed by atoms with van der Waals surface area (Å²) >= 11 is 0. The number of alkyl halides is 3. The summed E-state index contributed by atoms with van der Waals surface area (Å²) in [6, 6.07) is 2.75. The van der Waals surface area contributed by atoms with Gasteiger partial charge in [0.2, 0.25) is 11.7 Å². The number of anilines is 2. The number of rotatable bonds is 6. The van der Waals surface area contributed by atoms with E-state index in [1.165, 1.54) is 37.8 Å². The normalized spacial score (nSPS) is 11.5. The van der Waals surface area contributed by atoms with E-state index in [4.69, 9.17) is 4.74 Å². The molecule has 0 unspecified atom stereocenters. The van der Waals surface area contributed by atoms with Crippen molar-refractivity contribution in [3.05, 3.63) is 74.5 Å². The molecule has 0 atom stereocenters. The summed E-state index contributed by atoms with van der Waals surface area (Å²) in [6.45, 7) is 4.26. The molecule has 0 aliphatic rings. The standard InChI is InChI=1S/C22H19F6N3O3/c1-10-5-16(34-22(26,27)28)11(2)12(3)19(10)29-21-30-20(32)17(33-4)9-31(21)8-13-6-14(23)18(25)15(24)7-13/h5-7,9H,8H2,1-4H3,(H,29,30,32). The second kappa shape index (κ2) is 9.27. The molecule has 1 aromatic heterocycles. The Labute approximate surface area is 189 Å². The Bertz CT molecular complexity index is 1280. The van der Waals surface area contributed by atoms with Gasteiger partial charge >= 0.3 is 11.9 Å². The SMILES string of the molecule is COc1cn(Cc2cc(F)c(F)c(F)c2)c(Nc2c(C)cc(OC(F)(F)F)c(C)c2C)nc1=O. The number of nitrogens with one attached hydrogen (secondary N) is 1. The molecule has 1 heterocycles. The van der Waals surface area contributed by atoms with E-state index in [1.807, 2.05) is 0 Å². The van der Waals surface area contributed by atoms with Gasteiger partial charge in [-0.05, 0) is 61.2 Å². The van der Waals surface area contributed by atoms with Crippen LogP contribution >= 0.6 is 0 Å². The minimum absolute atomic E-state index is 0.0190. The van der Waals surface area contributed by atoms with E-state index in [0.29, 0.717) is 16.8 Å². The first-order chi connectivity index (χ1) is 15.8. The molecule has 0 aliphatic carbocycles. The first kappa shape index (κ1) is 24.9. The monoisotopic (exact) mass is 487 g/mol. The van der Waals surface area contributed by atoms with Gasteiger partial charge in [0.15, 0.2) is 17.5 Å². The maximum atomic E-state index is 13.7. The Morgan fingerprint density at radius 1 is 1.00 bits per heavy atom. The Morgan fingerprint density at radius 2 is 1.62 bits per heavy atom. The zero-order valence-electron chi connectivity index (χ0n) is 18.4. The number of nitrogens with zero attached hydrogens (tertiary/aromatic N) is 2. The van der Waals surface area contributed by atoms with Crippen LogP contribution in [-0.2, 0) is 6.54 Å². The molecular formula is C22H19F6N3O3. The predicted molar refractivity (Wildman–Crippen MR) is 111 cm³/mol. The zero-order chi connectivity index (χ0) is 25.4. The third-order valence-electron chi connectivity index (χ3n) is 5.09. The maximum absolute atomic E-state index is 13.7. The van der Waals surface area contributed by atoms with Gasteiger partial charge in [0, 0.05) is 5.69 Å². The zero-order valence-corrected chi connectivity index (χ0v) is 18.4. The second-order valence-corrected chi connectivity index (χ2v) is 7.43. The fourth-order valence-corrected chi connectivity index (χ4v) is 3.31. The number of halogens is 6. The molecule has 0 fully saturated rings. The van der Waals surface area contributed by atoms with Crippen molar-refractivity contribution in [2.45, 2.75) is 33.7 Å². The minimum atomic E-state index is -4.88. The van der Waals surface area contributed by atoms with Crippen LogP contribution in [0.25, 0.3) is 0 Å². The summed E-state index contributed by atoms with van der Waals surface area (Å²) < 4.78 is 89.2. The molecule has 2 aromatic carbocycles. The molecule has 0 spiro atoms. The van der Waals surface area contributed by atoms with Crippen LogP contribution in [0.1, 0.15) is 22.3 Å². The highest BCUT2D eigenvalue weighted by Gasteiger charge is 2.32. The fraction of sp³-hybridized carbons (Fsp3) is 0.273. The quantitative estimate of drug-likeness (QED) is 0.379. The van der Waals surface area contributed by atoms with Crippen molar-refractivity contribution in [1.82, 2.24) is 9.55 Å². The topological polar surface area (TPSA) is 65.4 Å². The number of hydrogen-bond acceptors (Lipinski definition) is 5. The molecule has 0 saturated heterocycles. The molecule has 12 heteroatoms. The fourth-order valence-electron chi connectivity index (χ4n) is 3.31. The molecule has 34 heavy (non-hydrogen) atoms. The maximum Gasteiger partial charge on any atom is 0.573 e. The van der Waals surface area contributed by atoms with E-state index in [1.54, 1.807) is 6.92 Å². The van der Waals surface area contributed by atoms with Gasteiger partial charge in [0.05, 0.1) is 19.9 Å². The van der Waals surface area contributed by atoms with Crippen molar-refractivity contribution >= 4 is 11.6 Å². The highest BCUT2D eigenvalue weighted by Crippen LogP contribution is 2.35. The molecule has 0 saturated carbocycles. The lowest BCUT2D eigenvalue weighted by atomic mass is 10.0. The van der Waals surface area contributed by atoms with E-state index < -0.39 is 29.4 Å². The third-order valence-corrected chi connectivity index (χ3v) is 5.09. The highest BCUT2D eigenvalue weighted by molar-refractivity contribution is 5.68. The van der Waals surface area contributed by atoms with Gasteiger partial charge in [-0.3, -0.25) is 4.79 Å². The number of ether oxygens (including phenoxy) is 2. The summed E-state index contributed by atoms with van der Waals surface area (Å²) in [5.41, 5.74) is 0.518. The molecule has 0 bridgehead atoms. The van der Waals surface area contributed by atoms with E-state index in [0.717, 1.165) is 12.1 Å². The largest absolute Gasteiger partial charge is 0.573 e. The Kier molecular flexibility index (Phi) is 6.80. The predicted octanol–water partition coefficient (Wildman–Crippen LogP) is 5.28. The van der Waals surface area contributed by atoms with Crippen LogP contribution in [0.3, 0.4) is 0 Å². The summed E-state index contributed by atoms with van der Waals surface area (Å²) in [7, 11) is 1.23. The van der Waals surface area contributed by atoms with E-state index in [-0.39, 0.29) is 35.1 Å². The number of benzene rings is 2. The number of hydrogen-bond donors (Lipinski definition) is 1. The van der Waals surface area contributed by atoms with Crippen molar-refractivity contribution in [2.75, 3.05) is 12.4 Å². The summed E-state index contributed by atoms with van der Waals surface area (Å²) in [6.07, 6.45) is -3.65. The van der Waals surface area contributed by atoms with Crippen molar-refractivity contribution in [3.63, 3.8) is 0 Å². The molecule has 1 N–H and O–H groups in total. The number of aromatic nitrogens is 2. The van der Waals surface area contributed by atoms with Crippen LogP contribution in [-0.4, -0.2) is 23.0 Å². The van der Waals surface area contributed by atoms with Gasteiger partial charge in [-0.2, -0.15) is 4.98 Å². The van der Waals surface area contributed by atoms with Crippen LogP contribution in [0.15, 0.2) is 29.2 Å². The number of methoxy groups -OCH3 is 1. The average molecular weight is 487 g/mol. The molecule has 0 aliphatic heterocycles. The first-order valence-corrected chi connectivity index (χ1v) is 9.73. The molecule has 0 radical (unpaired) electrons. The van der Waals surface area contributed by atoms with E-state index in [2.05, 4.69) is 15.0 Å². The summed E-state index contributed by atoms with van der Waals surface area (Å²) in [4.78, 5) is 16.2. The van der Waals surface area contributed by atoms with Crippen molar-refractivity contribution in [3.8, 4) is 11.5 Å². The third kappa shape index (κ3) is 5.26. The lowest BCUT2D eigenvalue weighted by molar-refractivity contribution is -0.274. The van der Waals surface area contributed by atoms with Crippen LogP contribution in [0, 0.1) is 38.2 Å². The average Bonchev–Trinajstić information content (AvgIpc) is 2.73. The highest BCUT2D eigenvalue weighted by atomic mass is 19.4. The summed E-state index contributed by atoms with van der Waals surface area (Å²) in [5.74, 6) is -5.06. The Hall–Kier alpha value is -3.70. The van der Waals surface area contributed by atoms with Crippen molar-refractivity contribution in [1.29, 1.82) is 0 Å². The van der Waals surface area contributed by atoms with Gasteiger partial charge < -0.3 is 19.4 Å². The Balaban J connectivity index is 2.08. The molecular weight excluding hydrogens is 468 g/mol. The van der Waals surface area contributed by atoms with Gasteiger partial charge in [0.25, 0.3) is 0 Å². The van der Waals surface area contributed by atoms with Crippen molar-refractivity contribution in [2.24, 2.45) is 0 Å². The van der Waals surface area contributed by atoms with Gasteiger partial charge in [0.1, 0.15) is 5.75 Å². The lowest BCUT2D eigenvalue weighted by Crippen LogP contribution is -2.20. The summed E-state index contributed by atoms with van der Waals surface area (Å²) in [5, 5.41) is 2.89. The molecule has 182 valence electrons. The second-order valence-electron chi connectivity index (χ2n) is 7.43. The van der Waals surface area contributed by atoms with Crippen LogP contribution < -0.4 is 20.3 Å². The van der Waals surface area contributed by atoms with Crippen molar-refractivity contribution < 1.29 is 35.8 Å². The molecule has 0 amide bonds. The van der Waals surface area contributed by atoms with E-state index >= 15 is 0 Å². The molecule has 3 aromatic rings. The van der Waals surface area contributed by atoms with Gasteiger partial charge in [-0.25, -0.2) is 13.2 Å². The smallest absolute Gasteiger partial charge is 0.490 e. The lowest BCUT2D eigenvalue weighted by Gasteiger charge is -2.21. The Morgan fingerprint density at radius 3 is 2.18 bits per heavy atom. The van der Waals surface area contributed by atoms with Crippen LogP contribution in [0.5, 0.6) is 11.5 Å². The van der Waals surface area contributed by atoms with E-state index in [9.17, 15) is 31.1 Å². The van der Waals surface area contributed by atoms with Gasteiger partial charge in [-0.1, -0.05) is 0 Å². The first-order valence-electron chi connectivity index (χ1n) is 9.73. The minimum Gasteiger partial charge on any atom is -0.490 e. The molecule has 3 rings (SSSR count). The number of aryl methyl sites for hydroxylation is 1. The molecule has 6 nitrogen and oxygen atoms in total. The van der Waals surface area contributed by atoms with Crippen LogP contribution in [0.4, 0.5) is 38.0 Å². The van der Waals surface area contributed by atoms with Crippen LogP contribution in [0.2, 0.25) is 0 Å². The van der Waals surface area contributed by atoms with Gasteiger partial charge in [-0.15, -0.1) is 13.2 Å².